The van der Waals surface area contributed by atoms with Crippen molar-refractivity contribution in [1.29, 1.82) is 0 Å². The Kier molecular flexibility index (Phi) is 13.5. The number of hydrogen-bond acceptors (Lipinski definition) is 0. The van der Waals surface area contributed by atoms with E-state index in [-0.39, 0.29) is 0 Å². The van der Waals surface area contributed by atoms with Crippen LogP contribution < -0.4 is 0 Å². The van der Waals surface area contributed by atoms with E-state index in [1.165, 1.54) is 63.1 Å². The van der Waals surface area contributed by atoms with Gasteiger partial charge in [-0.25, -0.2) is 0 Å². The molecule has 0 aromatic carbocycles. The summed E-state index contributed by atoms with van der Waals surface area (Å²) >= 11 is 0.780. The number of allylic oxidation sites excluding steroid dienone is 1. The van der Waals surface area contributed by atoms with Crippen LogP contribution in [-0.4, -0.2) is 15.0 Å². The zero-order chi connectivity index (χ0) is 12.1. The van der Waals surface area contributed by atoms with E-state index in [0.717, 1.165) is 15.0 Å². The van der Waals surface area contributed by atoms with Crippen LogP contribution in [0.4, 0.5) is 0 Å². The Morgan fingerprint density at radius 3 is 2.19 bits per heavy atom. The van der Waals surface area contributed by atoms with Crippen molar-refractivity contribution in [3.05, 3.63) is 10.5 Å². The number of unbranched alkanes of at least 4 members (excludes halogenated alkanes) is 6. The van der Waals surface area contributed by atoms with Gasteiger partial charge in [-0.05, 0) is 0 Å². The van der Waals surface area contributed by atoms with Gasteiger partial charge < -0.3 is 0 Å². The van der Waals surface area contributed by atoms with E-state index in [0.29, 0.717) is 0 Å². The van der Waals surface area contributed by atoms with E-state index < -0.39 is 0 Å². The van der Waals surface area contributed by atoms with Crippen LogP contribution in [0.5, 0.6) is 0 Å². The third-order valence-electron chi connectivity index (χ3n) is 2.82. The molecule has 96 valence electrons. The van der Waals surface area contributed by atoms with Crippen molar-refractivity contribution in [2.24, 2.45) is 0 Å². The van der Waals surface area contributed by atoms with Crippen molar-refractivity contribution in [1.82, 2.24) is 0 Å². The molecule has 0 nitrogen and oxygen atoms in total. The molecule has 16 heavy (non-hydrogen) atoms. The van der Waals surface area contributed by atoms with Crippen LogP contribution in [0.2, 0.25) is 5.32 Å². The second kappa shape index (κ2) is 13.3. The van der Waals surface area contributed by atoms with Crippen LogP contribution in [0.25, 0.3) is 0 Å². The van der Waals surface area contributed by atoms with Crippen LogP contribution >= 0.6 is 0 Å². The summed E-state index contributed by atoms with van der Waals surface area (Å²) in [6.07, 6.45) is 12.6. The third kappa shape index (κ3) is 12.3. The SMILES string of the molecule is CCCCCCCC/C(C)=C/[Se]CCCC. The van der Waals surface area contributed by atoms with Crippen LogP contribution in [0.3, 0.4) is 0 Å². The predicted molar refractivity (Wildman–Crippen MR) is 77.2 cm³/mol. The molecule has 0 atom stereocenters. The molecule has 0 aliphatic carbocycles. The molecular weight excluding hydrogens is 259 g/mol. The van der Waals surface area contributed by atoms with Crippen LogP contribution in [-0.2, 0) is 0 Å². The molecular formula is C15H30Se. The van der Waals surface area contributed by atoms with Gasteiger partial charge in [0.15, 0.2) is 0 Å². The minimum atomic E-state index is 0.780. The van der Waals surface area contributed by atoms with Crippen LogP contribution in [0.15, 0.2) is 10.5 Å². The van der Waals surface area contributed by atoms with Gasteiger partial charge in [0.2, 0.25) is 0 Å². The van der Waals surface area contributed by atoms with Crippen LogP contribution in [0, 0.1) is 0 Å². The summed E-state index contributed by atoms with van der Waals surface area (Å²) in [6, 6.07) is 0. The summed E-state index contributed by atoms with van der Waals surface area (Å²) in [5.74, 6) is 0. The molecule has 0 spiro atoms. The molecule has 0 rings (SSSR count). The summed E-state index contributed by atoms with van der Waals surface area (Å²) < 4.78 is 0. The van der Waals surface area contributed by atoms with E-state index in [4.69, 9.17) is 0 Å². The molecule has 0 aliphatic rings. The van der Waals surface area contributed by atoms with Gasteiger partial charge >= 0.3 is 109 Å². The third-order valence-corrected chi connectivity index (χ3v) is 5.12. The first-order chi connectivity index (χ1) is 7.81. The summed E-state index contributed by atoms with van der Waals surface area (Å²) in [7, 11) is 0. The van der Waals surface area contributed by atoms with Crippen LogP contribution in [0.1, 0.15) is 78.6 Å². The monoisotopic (exact) mass is 290 g/mol. The second-order valence-corrected chi connectivity index (χ2v) is 6.76. The van der Waals surface area contributed by atoms with Crippen molar-refractivity contribution in [3.63, 3.8) is 0 Å². The Bertz CT molecular complexity index is 161. The van der Waals surface area contributed by atoms with Gasteiger partial charge in [-0.3, -0.25) is 0 Å². The molecule has 0 saturated heterocycles. The first kappa shape index (κ1) is 16.3. The zero-order valence-electron chi connectivity index (χ0n) is 11.6. The van der Waals surface area contributed by atoms with E-state index in [9.17, 15) is 0 Å². The normalized spacial score (nSPS) is 12.1. The van der Waals surface area contributed by atoms with Gasteiger partial charge in [-0.15, -0.1) is 0 Å². The Morgan fingerprint density at radius 1 is 0.875 bits per heavy atom. The molecule has 0 radical (unpaired) electrons. The molecule has 0 amide bonds. The summed E-state index contributed by atoms with van der Waals surface area (Å²) in [5, 5.41) is 1.44. The van der Waals surface area contributed by atoms with Crippen molar-refractivity contribution in [3.8, 4) is 0 Å². The molecule has 0 bridgehead atoms. The molecule has 0 aliphatic heterocycles. The first-order valence-corrected chi connectivity index (χ1v) is 9.28. The molecule has 0 aromatic heterocycles. The first-order valence-electron chi connectivity index (χ1n) is 7.08. The van der Waals surface area contributed by atoms with E-state index >= 15 is 0 Å². The van der Waals surface area contributed by atoms with Crippen molar-refractivity contribution >= 4 is 15.0 Å². The fourth-order valence-electron chi connectivity index (χ4n) is 1.67. The fraction of sp³-hybridized carbons (Fsp3) is 0.867. The average molecular weight is 289 g/mol. The van der Waals surface area contributed by atoms with Gasteiger partial charge in [-0.2, -0.15) is 0 Å². The van der Waals surface area contributed by atoms with E-state index in [1.54, 1.807) is 5.57 Å². The molecule has 1 heteroatoms. The van der Waals surface area contributed by atoms with Gasteiger partial charge in [0.1, 0.15) is 0 Å². The van der Waals surface area contributed by atoms with Gasteiger partial charge in [0, 0.05) is 0 Å². The average Bonchev–Trinajstić information content (AvgIpc) is 2.29. The molecule has 0 fully saturated rings. The van der Waals surface area contributed by atoms with Crippen molar-refractivity contribution in [2.75, 3.05) is 0 Å². The Morgan fingerprint density at radius 2 is 1.50 bits per heavy atom. The predicted octanol–water partition coefficient (Wildman–Crippen LogP) is 5.56. The summed E-state index contributed by atoms with van der Waals surface area (Å²) in [4.78, 5) is 2.52. The van der Waals surface area contributed by atoms with Gasteiger partial charge in [-0.1, -0.05) is 0 Å². The van der Waals surface area contributed by atoms with Crippen molar-refractivity contribution < 1.29 is 0 Å². The quantitative estimate of drug-likeness (QED) is 0.345. The molecule has 0 N–H and O–H groups in total. The van der Waals surface area contributed by atoms with E-state index in [2.05, 4.69) is 25.7 Å². The number of hydrogen-bond donors (Lipinski definition) is 0. The molecule has 0 saturated carbocycles. The Balaban J connectivity index is 3.25. The topological polar surface area (TPSA) is 0 Å². The minimum absolute atomic E-state index is 0.780. The van der Waals surface area contributed by atoms with Gasteiger partial charge in [0.05, 0.1) is 0 Å². The van der Waals surface area contributed by atoms with Crippen molar-refractivity contribution in [2.45, 2.75) is 83.9 Å². The zero-order valence-corrected chi connectivity index (χ0v) is 13.3. The Labute approximate surface area is 109 Å². The summed E-state index contributed by atoms with van der Waals surface area (Å²) in [6.45, 7) is 6.88. The van der Waals surface area contributed by atoms with Gasteiger partial charge in [0.25, 0.3) is 0 Å². The maximum absolute atomic E-state index is 2.52. The fourth-order valence-corrected chi connectivity index (χ4v) is 3.72. The summed E-state index contributed by atoms with van der Waals surface area (Å²) in [5.41, 5.74) is 1.64. The molecule has 0 unspecified atom stereocenters. The number of rotatable bonds is 11. The van der Waals surface area contributed by atoms with E-state index in [1.807, 2.05) is 0 Å². The molecule has 0 heterocycles. The maximum atomic E-state index is 2.52. The second-order valence-electron chi connectivity index (χ2n) is 4.71. The Hall–Kier alpha value is 0.259. The standard InChI is InChI=1S/C15H30Se/c1-4-6-8-9-10-11-12-15(3)14-16-13-7-5-2/h14H,4-13H2,1-3H3/b15-14+. The molecule has 0 aromatic rings.